The number of aryl methyl sites for hydroxylation is 2. The highest BCUT2D eigenvalue weighted by Gasteiger charge is 2.09. The molecule has 0 aliphatic carbocycles. The van der Waals surface area contributed by atoms with Gasteiger partial charge in [-0.1, -0.05) is 48.5 Å². The number of rotatable bonds is 5. The Morgan fingerprint density at radius 3 is 2.52 bits per heavy atom. The van der Waals surface area contributed by atoms with E-state index < -0.39 is 0 Å². The predicted octanol–water partition coefficient (Wildman–Crippen LogP) is 5.36. The predicted molar refractivity (Wildman–Crippen MR) is 120 cm³/mol. The van der Waals surface area contributed by atoms with E-state index in [1.165, 1.54) is 11.1 Å². The third kappa shape index (κ3) is 4.27. The van der Waals surface area contributed by atoms with Gasteiger partial charge in [-0.2, -0.15) is 0 Å². The lowest BCUT2D eigenvalue weighted by molar-refractivity contribution is -0.116. The lowest BCUT2D eigenvalue weighted by Gasteiger charge is -2.10. The lowest BCUT2D eigenvalue weighted by Crippen LogP contribution is -2.12. The van der Waals surface area contributed by atoms with Gasteiger partial charge in [0.1, 0.15) is 5.82 Å². The molecule has 0 fully saturated rings. The smallest absolute Gasteiger partial charge is 0.224 e. The highest BCUT2D eigenvalue weighted by molar-refractivity contribution is 5.91. The number of benzene rings is 3. The number of nitrogens with one attached hydrogen (secondary N) is 1. The first-order chi connectivity index (χ1) is 14.1. The summed E-state index contributed by atoms with van der Waals surface area (Å²) in [4.78, 5) is 16.8. The van der Waals surface area contributed by atoms with E-state index in [2.05, 4.69) is 47.6 Å². The fourth-order valence-electron chi connectivity index (χ4n) is 3.49. The molecule has 0 aliphatic heterocycles. The summed E-state index contributed by atoms with van der Waals surface area (Å²) in [6.45, 7) is 2.11. The van der Waals surface area contributed by atoms with Crippen LogP contribution in [-0.4, -0.2) is 10.9 Å². The fourth-order valence-corrected chi connectivity index (χ4v) is 3.49. The molecular formula is C25H23N3O. The van der Waals surface area contributed by atoms with Gasteiger partial charge >= 0.3 is 0 Å². The molecule has 4 nitrogen and oxygen atoms in total. The first-order valence-corrected chi connectivity index (χ1v) is 9.70. The van der Waals surface area contributed by atoms with Gasteiger partial charge in [0.25, 0.3) is 0 Å². The minimum Gasteiger partial charge on any atom is -0.383 e. The molecule has 0 unspecified atom stereocenters. The second-order valence-electron chi connectivity index (χ2n) is 7.17. The summed E-state index contributed by atoms with van der Waals surface area (Å²) in [6.07, 6.45) is 0.895. The summed E-state index contributed by atoms with van der Waals surface area (Å²) < 4.78 is 0. The van der Waals surface area contributed by atoms with Crippen LogP contribution < -0.4 is 11.1 Å². The van der Waals surface area contributed by atoms with Crippen LogP contribution in [0.15, 0.2) is 78.9 Å². The van der Waals surface area contributed by atoms with E-state index in [9.17, 15) is 4.79 Å². The van der Waals surface area contributed by atoms with Crippen molar-refractivity contribution >= 4 is 28.3 Å². The van der Waals surface area contributed by atoms with E-state index in [0.29, 0.717) is 18.7 Å². The van der Waals surface area contributed by atoms with Crippen LogP contribution in [-0.2, 0) is 11.2 Å². The quantitative estimate of drug-likeness (QED) is 0.489. The van der Waals surface area contributed by atoms with Crippen molar-refractivity contribution in [1.29, 1.82) is 0 Å². The molecule has 4 aromatic rings. The highest BCUT2D eigenvalue weighted by atomic mass is 16.1. The van der Waals surface area contributed by atoms with Crippen LogP contribution in [0.3, 0.4) is 0 Å². The first-order valence-electron chi connectivity index (χ1n) is 9.70. The Kier molecular flexibility index (Phi) is 5.25. The van der Waals surface area contributed by atoms with Gasteiger partial charge in [0.05, 0.1) is 5.52 Å². The maximum Gasteiger partial charge on any atom is 0.224 e. The van der Waals surface area contributed by atoms with Crippen molar-refractivity contribution in [3.8, 4) is 11.1 Å². The van der Waals surface area contributed by atoms with Crippen molar-refractivity contribution in [3.05, 3.63) is 90.0 Å². The molecule has 1 amide bonds. The van der Waals surface area contributed by atoms with E-state index in [-0.39, 0.29) is 5.91 Å². The standard InChI is InChI=1S/C25H23N3O/c1-17-7-5-6-10-22(17)18-11-13-23-20(15-18)16-19(25(26)28-23)12-14-24(29)27-21-8-3-2-4-9-21/h2-11,13,15-16H,12,14H2,1H3,(H2,26,28)(H,27,29). The van der Waals surface area contributed by atoms with Gasteiger partial charge in [-0.15, -0.1) is 0 Å². The molecule has 4 rings (SSSR count). The molecule has 0 saturated heterocycles. The van der Waals surface area contributed by atoms with Gasteiger partial charge in [0.15, 0.2) is 0 Å². The van der Waals surface area contributed by atoms with Crippen LogP contribution in [0.2, 0.25) is 0 Å². The lowest BCUT2D eigenvalue weighted by atomic mass is 9.98. The molecule has 29 heavy (non-hydrogen) atoms. The molecule has 0 spiro atoms. The topological polar surface area (TPSA) is 68.0 Å². The Bertz CT molecular complexity index is 1170. The van der Waals surface area contributed by atoms with Crippen molar-refractivity contribution in [3.63, 3.8) is 0 Å². The van der Waals surface area contributed by atoms with Crippen molar-refractivity contribution in [1.82, 2.24) is 4.98 Å². The number of nitrogens with zero attached hydrogens (tertiary/aromatic N) is 1. The SMILES string of the molecule is Cc1ccccc1-c1ccc2nc(N)c(CCC(=O)Nc3ccccc3)cc2c1. The van der Waals surface area contributed by atoms with Gasteiger partial charge in [-0.3, -0.25) is 4.79 Å². The zero-order valence-corrected chi connectivity index (χ0v) is 16.4. The molecular weight excluding hydrogens is 358 g/mol. The Morgan fingerprint density at radius 1 is 0.966 bits per heavy atom. The Balaban J connectivity index is 1.55. The van der Waals surface area contributed by atoms with Gasteiger partial charge in [0, 0.05) is 17.5 Å². The Hall–Kier alpha value is -3.66. The zero-order valence-electron chi connectivity index (χ0n) is 16.4. The van der Waals surface area contributed by atoms with E-state index >= 15 is 0 Å². The molecule has 3 N–H and O–H groups in total. The average molecular weight is 381 g/mol. The number of pyridine rings is 1. The van der Waals surface area contributed by atoms with Crippen LogP contribution in [0.5, 0.6) is 0 Å². The number of anilines is 2. The molecule has 0 radical (unpaired) electrons. The van der Waals surface area contributed by atoms with Crippen molar-refractivity contribution in [2.24, 2.45) is 0 Å². The molecule has 3 aromatic carbocycles. The van der Waals surface area contributed by atoms with Gasteiger partial charge < -0.3 is 11.1 Å². The molecule has 1 aromatic heterocycles. The van der Waals surface area contributed by atoms with E-state index in [0.717, 1.165) is 27.7 Å². The van der Waals surface area contributed by atoms with Crippen molar-refractivity contribution in [2.45, 2.75) is 19.8 Å². The maximum atomic E-state index is 12.3. The van der Waals surface area contributed by atoms with E-state index in [1.807, 2.05) is 48.5 Å². The third-order valence-corrected chi connectivity index (χ3v) is 5.06. The Morgan fingerprint density at radius 2 is 1.72 bits per heavy atom. The van der Waals surface area contributed by atoms with E-state index in [1.54, 1.807) is 0 Å². The molecule has 1 heterocycles. The summed E-state index contributed by atoms with van der Waals surface area (Å²) >= 11 is 0. The zero-order chi connectivity index (χ0) is 20.2. The first kappa shape index (κ1) is 18.7. The minimum absolute atomic E-state index is 0.0376. The normalized spacial score (nSPS) is 10.8. The van der Waals surface area contributed by atoms with Gasteiger partial charge in [0.2, 0.25) is 5.91 Å². The number of nitrogen functional groups attached to an aromatic ring is 1. The minimum atomic E-state index is -0.0376. The number of carbonyl (C=O) groups is 1. The molecule has 0 atom stereocenters. The van der Waals surface area contributed by atoms with Crippen LogP contribution in [0.1, 0.15) is 17.5 Å². The summed E-state index contributed by atoms with van der Waals surface area (Å²) in [5, 5.41) is 3.93. The summed E-state index contributed by atoms with van der Waals surface area (Å²) in [5.74, 6) is 0.443. The van der Waals surface area contributed by atoms with Crippen molar-refractivity contribution < 1.29 is 4.79 Å². The molecule has 144 valence electrons. The van der Waals surface area contributed by atoms with E-state index in [4.69, 9.17) is 5.73 Å². The number of carbonyl (C=O) groups excluding carboxylic acids is 1. The number of aromatic nitrogens is 1. The monoisotopic (exact) mass is 381 g/mol. The second-order valence-corrected chi connectivity index (χ2v) is 7.17. The number of nitrogens with two attached hydrogens (primary N) is 1. The van der Waals surface area contributed by atoms with Crippen LogP contribution in [0.4, 0.5) is 11.5 Å². The fraction of sp³-hybridized carbons (Fsp3) is 0.120. The van der Waals surface area contributed by atoms with Crippen LogP contribution in [0, 0.1) is 6.92 Å². The summed E-state index contributed by atoms with van der Waals surface area (Å²) in [7, 11) is 0. The van der Waals surface area contributed by atoms with Crippen LogP contribution in [0.25, 0.3) is 22.0 Å². The number of hydrogen-bond donors (Lipinski definition) is 2. The summed E-state index contributed by atoms with van der Waals surface area (Å²) in [6, 6.07) is 26.0. The number of para-hydroxylation sites is 1. The largest absolute Gasteiger partial charge is 0.383 e. The number of fused-ring (bicyclic) bond motifs is 1. The average Bonchev–Trinajstić information content (AvgIpc) is 2.73. The molecule has 4 heteroatoms. The molecule has 0 saturated carbocycles. The molecule has 0 aliphatic rings. The van der Waals surface area contributed by atoms with Gasteiger partial charge in [-0.05, 0) is 65.9 Å². The van der Waals surface area contributed by atoms with Crippen molar-refractivity contribution in [2.75, 3.05) is 11.1 Å². The highest BCUT2D eigenvalue weighted by Crippen LogP contribution is 2.28. The third-order valence-electron chi connectivity index (χ3n) is 5.06. The van der Waals surface area contributed by atoms with Crippen LogP contribution >= 0.6 is 0 Å². The number of amides is 1. The second kappa shape index (κ2) is 8.15. The number of hydrogen-bond acceptors (Lipinski definition) is 3. The summed E-state index contributed by atoms with van der Waals surface area (Å²) in [5.41, 5.74) is 12.3. The Labute approximate surface area is 170 Å². The molecule has 0 bridgehead atoms. The van der Waals surface area contributed by atoms with Gasteiger partial charge in [-0.25, -0.2) is 4.98 Å². The maximum absolute atomic E-state index is 12.3.